The number of anilines is 1. The molecule has 0 saturated heterocycles. The molecule has 0 spiro atoms. The van der Waals surface area contributed by atoms with E-state index in [0.717, 1.165) is 23.0 Å². The van der Waals surface area contributed by atoms with Gasteiger partial charge in [0.05, 0.1) is 17.3 Å². The van der Waals surface area contributed by atoms with Crippen LogP contribution < -0.4 is 5.32 Å². The predicted octanol–water partition coefficient (Wildman–Crippen LogP) is 4.42. The molecule has 2 nitrogen and oxygen atoms in total. The molecule has 0 aromatic heterocycles. The van der Waals surface area contributed by atoms with Gasteiger partial charge in [-0.15, -0.1) is 0 Å². The summed E-state index contributed by atoms with van der Waals surface area (Å²) in [5.41, 5.74) is 4.36. The minimum atomic E-state index is 0.303. The molecule has 3 rings (SSSR count). The first-order chi connectivity index (χ1) is 9.28. The van der Waals surface area contributed by atoms with E-state index in [1.54, 1.807) is 0 Å². The fourth-order valence-corrected chi connectivity index (χ4v) is 3.04. The van der Waals surface area contributed by atoms with Crippen LogP contribution in [-0.2, 0) is 6.42 Å². The quantitative estimate of drug-likeness (QED) is 0.891. The first kappa shape index (κ1) is 12.3. The maximum atomic E-state index is 9.13. The lowest BCUT2D eigenvalue weighted by atomic mass is 10.1. The Bertz CT molecular complexity index is 658. The summed E-state index contributed by atoms with van der Waals surface area (Å²) in [6.45, 7) is 0. The Balaban J connectivity index is 1.89. The predicted molar refractivity (Wildman–Crippen MR) is 80.0 cm³/mol. The highest BCUT2D eigenvalue weighted by Gasteiger charge is 2.22. The second kappa shape index (κ2) is 5.07. The molecule has 3 heteroatoms. The van der Waals surface area contributed by atoms with Crippen LogP contribution in [0.25, 0.3) is 0 Å². The highest BCUT2D eigenvalue weighted by atomic mass is 79.9. The maximum absolute atomic E-state index is 9.13. The summed E-state index contributed by atoms with van der Waals surface area (Å²) in [5.74, 6) is 0. The Morgan fingerprint density at radius 1 is 1.21 bits per heavy atom. The van der Waals surface area contributed by atoms with Gasteiger partial charge in [-0.1, -0.05) is 34.1 Å². The summed E-state index contributed by atoms with van der Waals surface area (Å²) in [5, 5.41) is 12.6. The summed E-state index contributed by atoms with van der Waals surface area (Å²) in [4.78, 5) is 0. The minimum absolute atomic E-state index is 0.303. The number of para-hydroxylation sites is 1. The van der Waals surface area contributed by atoms with E-state index < -0.39 is 0 Å². The van der Waals surface area contributed by atoms with E-state index >= 15 is 0 Å². The maximum Gasteiger partial charge on any atom is 0.101 e. The van der Waals surface area contributed by atoms with Gasteiger partial charge in [0, 0.05) is 4.47 Å². The van der Waals surface area contributed by atoms with Gasteiger partial charge in [0.1, 0.15) is 6.07 Å². The Morgan fingerprint density at radius 3 is 2.89 bits per heavy atom. The molecule has 0 heterocycles. The van der Waals surface area contributed by atoms with Crippen molar-refractivity contribution in [1.82, 2.24) is 0 Å². The lowest BCUT2D eigenvalue weighted by Crippen LogP contribution is -2.08. The van der Waals surface area contributed by atoms with Crippen LogP contribution in [0, 0.1) is 11.3 Å². The Kier molecular flexibility index (Phi) is 3.27. The standard InChI is InChI=1S/C16H13BrN2/c17-13-6-7-14-11(9-13)5-8-16(14)19-15-4-2-1-3-12(15)10-18/h1-4,6-7,9,16,19H,5,8H2. The Labute approximate surface area is 121 Å². The van der Waals surface area contributed by atoms with Gasteiger partial charge in [0.25, 0.3) is 0 Å². The molecule has 1 N–H and O–H groups in total. The summed E-state index contributed by atoms with van der Waals surface area (Å²) in [7, 11) is 0. The van der Waals surface area contributed by atoms with E-state index in [2.05, 4.69) is 45.5 Å². The van der Waals surface area contributed by atoms with Gasteiger partial charge in [-0.2, -0.15) is 5.26 Å². The fourth-order valence-electron chi connectivity index (χ4n) is 2.63. The van der Waals surface area contributed by atoms with Crippen LogP contribution >= 0.6 is 15.9 Å². The molecule has 19 heavy (non-hydrogen) atoms. The van der Waals surface area contributed by atoms with E-state index in [1.807, 2.05) is 24.3 Å². The molecule has 0 radical (unpaired) electrons. The highest BCUT2D eigenvalue weighted by molar-refractivity contribution is 9.10. The number of hydrogen-bond donors (Lipinski definition) is 1. The minimum Gasteiger partial charge on any atom is -0.377 e. The van der Waals surface area contributed by atoms with Gasteiger partial charge < -0.3 is 5.32 Å². The lowest BCUT2D eigenvalue weighted by molar-refractivity contribution is 0.762. The first-order valence-electron chi connectivity index (χ1n) is 6.32. The molecule has 0 fully saturated rings. The van der Waals surface area contributed by atoms with Crippen LogP contribution in [0.15, 0.2) is 46.9 Å². The number of nitrogens with one attached hydrogen (secondary N) is 1. The van der Waals surface area contributed by atoms with Gasteiger partial charge in [-0.3, -0.25) is 0 Å². The zero-order valence-electron chi connectivity index (χ0n) is 10.4. The van der Waals surface area contributed by atoms with Crippen molar-refractivity contribution in [2.24, 2.45) is 0 Å². The van der Waals surface area contributed by atoms with Crippen molar-refractivity contribution in [3.63, 3.8) is 0 Å². The number of aryl methyl sites for hydroxylation is 1. The van der Waals surface area contributed by atoms with Gasteiger partial charge in [-0.05, 0) is 48.2 Å². The van der Waals surface area contributed by atoms with Crippen LogP contribution in [-0.4, -0.2) is 0 Å². The SMILES string of the molecule is N#Cc1ccccc1NC1CCc2cc(Br)ccc21. The molecule has 1 atom stereocenters. The average Bonchev–Trinajstić information content (AvgIpc) is 2.82. The van der Waals surface area contributed by atoms with E-state index in [1.165, 1.54) is 11.1 Å². The van der Waals surface area contributed by atoms with E-state index in [-0.39, 0.29) is 0 Å². The molecule has 94 valence electrons. The van der Waals surface area contributed by atoms with Crippen molar-refractivity contribution in [2.75, 3.05) is 5.32 Å². The molecule has 1 aliphatic rings. The molecule has 2 aromatic carbocycles. The zero-order valence-corrected chi connectivity index (χ0v) is 11.9. The van der Waals surface area contributed by atoms with Crippen molar-refractivity contribution < 1.29 is 0 Å². The molecule has 0 amide bonds. The van der Waals surface area contributed by atoms with Crippen LogP contribution in [0.1, 0.15) is 29.2 Å². The second-order valence-electron chi connectivity index (χ2n) is 4.74. The van der Waals surface area contributed by atoms with Crippen molar-refractivity contribution >= 4 is 21.6 Å². The van der Waals surface area contributed by atoms with E-state index in [9.17, 15) is 0 Å². The number of benzene rings is 2. The van der Waals surface area contributed by atoms with Gasteiger partial charge in [0.2, 0.25) is 0 Å². The first-order valence-corrected chi connectivity index (χ1v) is 7.11. The fraction of sp³-hybridized carbons (Fsp3) is 0.188. The highest BCUT2D eigenvalue weighted by Crippen LogP contribution is 2.35. The number of nitriles is 1. The molecular formula is C16H13BrN2. The number of halogens is 1. The molecule has 0 aliphatic heterocycles. The lowest BCUT2D eigenvalue weighted by Gasteiger charge is -2.16. The number of hydrogen-bond acceptors (Lipinski definition) is 2. The van der Waals surface area contributed by atoms with Crippen LogP contribution in [0.3, 0.4) is 0 Å². The smallest absolute Gasteiger partial charge is 0.101 e. The van der Waals surface area contributed by atoms with E-state index in [4.69, 9.17) is 5.26 Å². The average molecular weight is 313 g/mol. The van der Waals surface area contributed by atoms with Crippen molar-refractivity contribution in [1.29, 1.82) is 5.26 Å². The van der Waals surface area contributed by atoms with Crippen molar-refractivity contribution in [3.8, 4) is 6.07 Å². The number of nitrogens with zero attached hydrogens (tertiary/aromatic N) is 1. The largest absolute Gasteiger partial charge is 0.377 e. The summed E-state index contributed by atoms with van der Waals surface area (Å²) >= 11 is 3.51. The Hall–Kier alpha value is -1.79. The third-order valence-electron chi connectivity index (χ3n) is 3.56. The molecular weight excluding hydrogens is 300 g/mol. The normalized spacial score (nSPS) is 16.7. The molecule has 1 unspecified atom stereocenters. The van der Waals surface area contributed by atoms with Crippen LogP contribution in [0.5, 0.6) is 0 Å². The van der Waals surface area contributed by atoms with Crippen molar-refractivity contribution in [3.05, 3.63) is 63.6 Å². The van der Waals surface area contributed by atoms with Crippen LogP contribution in [0.4, 0.5) is 5.69 Å². The van der Waals surface area contributed by atoms with Gasteiger partial charge in [0.15, 0.2) is 0 Å². The second-order valence-corrected chi connectivity index (χ2v) is 5.65. The third-order valence-corrected chi connectivity index (χ3v) is 4.05. The summed E-state index contributed by atoms with van der Waals surface area (Å²) in [6, 6.07) is 16.6. The number of fused-ring (bicyclic) bond motifs is 1. The molecule has 0 saturated carbocycles. The Morgan fingerprint density at radius 2 is 2.05 bits per heavy atom. The zero-order chi connectivity index (χ0) is 13.2. The monoisotopic (exact) mass is 312 g/mol. The molecule has 1 aliphatic carbocycles. The number of rotatable bonds is 2. The van der Waals surface area contributed by atoms with Crippen LogP contribution in [0.2, 0.25) is 0 Å². The summed E-state index contributed by atoms with van der Waals surface area (Å²) < 4.78 is 1.13. The van der Waals surface area contributed by atoms with Gasteiger partial charge in [-0.25, -0.2) is 0 Å². The van der Waals surface area contributed by atoms with Crippen molar-refractivity contribution in [2.45, 2.75) is 18.9 Å². The van der Waals surface area contributed by atoms with E-state index in [0.29, 0.717) is 11.6 Å². The summed E-state index contributed by atoms with van der Waals surface area (Å²) in [6.07, 6.45) is 2.16. The third kappa shape index (κ3) is 2.36. The van der Waals surface area contributed by atoms with Gasteiger partial charge >= 0.3 is 0 Å². The topological polar surface area (TPSA) is 35.8 Å². The molecule has 0 bridgehead atoms. The molecule has 2 aromatic rings.